The Morgan fingerprint density at radius 3 is 3.00 bits per heavy atom. The van der Waals surface area contributed by atoms with Crippen molar-refractivity contribution >= 4 is 16.8 Å². The predicted octanol–water partition coefficient (Wildman–Crippen LogP) is 2.69. The van der Waals surface area contributed by atoms with Crippen molar-refractivity contribution < 1.29 is 4.79 Å². The number of nitrogens with one attached hydrogen (secondary N) is 1. The summed E-state index contributed by atoms with van der Waals surface area (Å²) < 4.78 is 0. The Labute approximate surface area is 113 Å². The number of hydrogen-bond acceptors (Lipinski definition) is 2. The number of amides is 1. The van der Waals surface area contributed by atoms with Crippen molar-refractivity contribution in [2.24, 2.45) is 5.92 Å². The van der Waals surface area contributed by atoms with Crippen molar-refractivity contribution in [1.29, 1.82) is 0 Å². The van der Waals surface area contributed by atoms with Crippen molar-refractivity contribution in [3.05, 3.63) is 42.1 Å². The molecule has 1 N–H and O–H groups in total. The van der Waals surface area contributed by atoms with E-state index in [1.165, 1.54) is 0 Å². The maximum atomic E-state index is 11.9. The second kappa shape index (κ2) is 5.00. The molecule has 1 heterocycles. The summed E-state index contributed by atoms with van der Waals surface area (Å²) in [6.07, 6.45) is 4.45. The van der Waals surface area contributed by atoms with Crippen molar-refractivity contribution in [1.82, 2.24) is 10.3 Å². The summed E-state index contributed by atoms with van der Waals surface area (Å²) in [5.74, 6) is 0.877. The summed E-state index contributed by atoms with van der Waals surface area (Å²) in [5, 5.41) is 4.19. The normalized spacial score (nSPS) is 21.9. The molecule has 98 valence electrons. The zero-order valence-electron chi connectivity index (χ0n) is 11.1. The van der Waals surface area contributed by atoms with Crippen LogP contribution in [0.5, 0.6) is 0 Å². The van der Waals surface area contributed by atoms with Crippen LogP contribution in [0.25, 0.3) is 10.9 Å². The van der Waals surface area contributed by atoms with Gasteiger partial charge < -0.3 is 5.32 Å². The van der Waals surface area contributed by atoms with Gasteiger partial charge in [-0.25, -0.2) is 0 Å². The average Bonchev–Trinajstić information content (AvgIpc) is 2.37. The van der Waals surface area contributed by atoms with Gasteiger partial charge in [-0.15, -0.1) is 0 Å². The van der Waals surface area contributed by atoms with E-state index in [0.717, 1.165) is 35.2 Å². The van der Waals surface area contributed by atoms with Gasteiger partial charge in [0.25, 0.3) is 0 Å². The van der Waals surface area contributed by atoms with Crippen LogP contribution in [0.15, 0.2) is 36.5 Å². The number of hydrogen-bond donors (Lipinski definition) is 1. The van der Waals surface area contributed by atoms with Gasteiger partial charge in [0.1, 0.15) is 0 Å². The molecule has 19 heavy (non-hydrogen) atoms. The minimum Gasteiger partial charge on any atom is -0.353 e. The maximum absolute atomic E-state index is 11.9. The highest BCUT2D eigenvalue weighted by atomic mass is 16.1. The molecule has 1 saturated carbocycles. The summed E-state index contributed by atoms with van der Waals surface area (Å²) in [6.45, 7) is 2.22. The van der Waals surface area contributed by atoms with Gasteiger partial charge in [-0.05, 0) is 36.5 Å². The van der Waals surface area contributed by atoms with Gasteiger partial charge in [-0.3, -0.25) is 9.78 Å². The predicted molar refractivity (Wildman–Crippen MR) is 75.8 cm³/mol. The number of fused-ring (bicyclic) bond motifs is 1. The largest absolute Gasteiger partial charge is 0.353 e. The smallest absolute Gasteiger partial charge is 0.224 e. The number of rotatable bonds is 3. The van der Waals surface area contributed by atoms with Crippen LogP contribution in [-0.4, -0.2) is 16.9 Å². The first-order chi connectivity index (χ1) is 9.20. The fourth-order valence-electron chi connectivity index (χ4n) is 2.71. The van der Waals surface area contributed by atoms with Gasteiger partial charge in [0.2, 0.25) is 5.91 Å². The summed E-state index contributed by atoms with van der Waals surface area (Å²) in [6, 6.07) is 10.4. The number of nitrogens with zero attached hydrogens (tertiary/aromatic N) is 1. The van der Waals surface area contributed by atoms with Gasteiger partial charge in [0.15, 0.2) is 0 Å². The molecule has 1 aromatic heterocycles. The van der Waals surface area contributed by atoms with E-state index in [0.29, 0.717) is 12.5 Å². The molecule has 0 radical (unpaired) electrons. The van der Waals surface area contributed by atoms with E-state index in [4.69, 9.17) is 0 Å². The molecule has 2 aromatic rings. The van der Waals surface area contributed by atoms with Gasteiger partial charge in [-0.1, -0.05) is 25.1 Å². The van der Waals surface area contributed by atoms with Crippen LogP contribution in [0.1, 0.15) is 25.3 Å². The number of aromatic nitrogens is 1. The number of pyridine rings is 1. The minimum absolute atomic E-state index is 0.118. The van der Waals surface area contributed by atoms with Gasteiger partial charge in [0, 0.05) is 17.6 Å². The first-order valence-corrected chi connectivity index (χ1v) is 6.84. The van der Waals surface area contributed by atoms with Crippen LogP contribution < -0.4 is 5.32 Å². The summed E-state index contributed by atoms with van der Waals surface area (Å²) >= 11 is 0. The highest BCUT2D eigenvalue weighted by molar-refractivity contribution is 5.83. The first-order valence-electron chi connectivity index (χ1n) is 6.84. The topological polar surface area (TPSA) is 42.0 Å². The molecule has 3 nitrogen and oxygen atoms in total. The van der Waals surface area contributed by atoms with Crippen molar-refractivity contribution in [2.75, 3.05) is 0 Å². The molecule has 1 aliphatic carbocycles. The molecule has 1 aromatic carbocycles. The zero-order valence-corrected chi connectivity index (χ0v) is 11.1. The van der Waals surface area contributed by atoms with Crippen LogP contribution >= 0.6 is 0 Å². The third kappa shape index (κ3) is 2.75. The number of benzene rings is 1. The average molecular weight is 254 g/mol. The third-order valence-corrected chi connectivity index (χ3v) is 3.77. The lowest BCUT2D eigenvalue weighted by Gasteiger charge is -2.33. The zero-order chi connectivity index (χ0) is 13.2. The van der Waals surface area contributed by atoms with Crippen molar-refractivity contribution in [2.45, 2.75) is 32.2 Å². The Hall–Kier alpha value is -1.90. The molecule has 1 aliphatic rings. The second-order valence-corrected chi connectivity index (χ2v) is 5.55. The van der Waals surface area contributed by atoms with Crippen molar-refractivity contribution in [3.8, 4) is 0 Å². The van der Waals surface area contributed by atoms with E-state index in [1.807, 2.05) is 30.3 Å². The van der Waals surface area contributed by atoms with Crippen LogP contribution in [0.2, 0.25) is 0 Å². The molecule has 0 saturated heterocycles. The van der Waals surface area contributed by atoms with E-state index in [9.17, 15) is 4.79 Å². The second-order valence-electron chi connectivity index (χ2n) is 5.55. The Bertz CT molecular complexity index is 602. The highest BCUT2D eigenvalue weighted by Gasteiger charge is 2.26. The minimum atomic E-state index is 0.118. The third-order valence-electron chi connectivity index (χ3n) is 3.77. The Morgan fingerprint density at radius 2 is 2.21 bits per heavy atom. The molecule has 0 aliphatic heterocycles. The Balaban J connectivity index is 1.65. The SMILES string of the molecule is CC1CC(NC(=O)Cc2ccc3cccnc3c2)C1. The van der Waals surface area contributed by atoms with E-state index in [-0.39, 0.29) is 5.91 Å². The van der Waals surface area contributed by atoms with Gasteiger partial charge in [0.05, 0.1) is 11.9 Å². The molecule has 0 bridgehead atoms. The first kappa shape index (κ1) is 12.2. The van der Waals surface area contributed by atoms with Crippen molar-refractivity contribution in [3.63, 3.8) is 0 Å². The van der Waals surface area contributed by atoms with Crippen LogP contribution in [0.3, 0.4) is 0 Å². The maximum Gasteiger partial charge on any atom is 0.224 e. The molecule has 3 rings (SSSR count). The molecular weight excluding hydrogens is 236 g/mol. The van der Waals surface area contributed by atoms with E-state index in [2.05, 4.69) is 17.2 Å². The molecule has 1 fully saturated rings. The van der Waals surface area contributed by atoms with Crippen LogP contribution in [-0.2, 0) is 11.2 Å². The summed E-state index contributed by atoms with van der Waals surface area (Å²) in [5.41, 5.74) is 1.97. The molecule has 0 unspecified atom stereocenters. The lowest BCUT2D eigenvalue weighted by atomic mass is 9.82. The monoisotopic (exact) mass is 254 g/mol. The Morgan fingerprint density at radius 1 is 1.37 bits per heavy atom. The van der Waals surface area contributed by atoms with Crippen LogP contribution in [0, 0.1) is 5.92 Å². The van der Waals surface area contributed by atoms with E-state index >= 15 is 0 Å². The highest BCUT2D eigenvalue weighted by Crippen LogP contribution is 2.26. The summed E-state index contributed by atoms with van der Waals surface area (Å²) in [4.78, 5) is 16.2. The molecule has 0 spiro atoms. The fraction of sp³-hybridized carbons (Fsp3) is 0.375. The molecule has 3 heteroatoms. The lowest BCUT2D eigenvalue weighted by molar-refractivity contribution is -0.121. The summed E-state index contributed by atoms with van der Waals surface area (Å²) in [7, 11) is 0. The van der Waals surface area contributed by atoms with Crippen LogP contribution in [0.4, 0.5) is 0 Å². The quantitative estimate of drug-likeness (QED) is 0.915. The molecule has 1 amide bonds. The Kier molecular flexibility index (Phi) is 3.20. The van der Waals surface area contributed by atoms with Gasteiger partial charge >= 0.3 is 0 Å². The number of carbonyl (C=O) groups is 1. The van der Waals surface area contributed by atoms with E-state index < -0.39 is 0 Å². The molecule has 0 atom stereocenters. The fourth-order valence-corrected chi connectivity index (χ4v) is 2.71. The van der Waals surface area contributed by atoms with Gasteiger partial charge in [-0.2, -0.15) is 0 Å². The standard InChI is InChI=1S/C16H18N2O/c1-11-7-14(8-11)18-16(19)10-12-4-5-13-3-2-6-17-15(13)9-12/h2-6,9,11,14H,7-8,10H2,1H3,(H,18,19). The molecular formula is C16H18N2O. The number of carbonyl (C=O) groups excluding carboxylic acids is 1. The lowest BCUT2D eigenvalue weighted by Crippen LogP contribution is -2.43. The van der Waals surface area contributed by atoms with E-state index in [1.54, 1.807) is 6.20 Å².